The van der Waals surface area contributed by atoms with Crippen molar-refractivity contribution in [2.24, 2.45) is 0 Å². The summed E-state index contributed by atoms with van der Waals surface area (Å²) in [4.78, 5) is 21.3. The smallest absolute Gasteiger partial charge is 0.252 e. The van der Waals surface area contributed by atoms with E-state index in [1.807, 2.05) is 25.1 Å². The van der Waals surface area contributed by atoms with Gasteiger partial charge in [-0.3, -0.25) is 4.79 Å². The van der Waals surface area contributed by atoms with Crippen LogP contribution in [0.1, 0.15) is 63.4 Å². The van der Waals surface area contributed by atoms with E-state index in [0.717, 1.165) is 29.7 Å². The number of aromatic nitrogens is 2. The second-order valence-electron chi connectivity index (χ2n) is 10.4. The van der Waals surface area contributed by atoms with E-state index in [2.05, 4.69) is 53.6 Å². The number of carbonyl (C=O) groups excluding carboxylic acids is 1. The molecule has 9 nitrogen and oxygen atoms in total. The van der Waals surface area contributed by atoms with Gasteiger partial charge in [0.25, 0.3) is 5.91 Å². The third-order valence-electron chi connectivity index (χ3n) is 5.85. The molecule has 190 valence electrons. The molecule has 1 aliphatic heterocycles. The number of carbonyl (C=O) groups is 1. The molecule has 4 N–H and O–H groups in total. The maximum atomic E-state index is 12.2. The van der Waals surface area contributed by atoms with Crippen LogP contribution in [-0.2, 0) is 4.74 Å². The van der Waals surface area contributed by atoms with Crippen LogP contribution in [0.2, 0.25) is 0 Å². The Kier molecular flexibility index (Phi) is 8.10. The first-order chi connectivity index (χ1) is 16.9. The summed E-state index contributed by atoms with van der Waals surface area (Å²) in [5.41, 5.74) is 2.95. The second-order valence-corrected chi connectivity index (χ2v) is 10.4. The zero-order valence-corrected chi connectivity index (χ0v) is 21.8. The number of nitrogens with zero attached hydrogens (tertiary/aromatic N) is 3. The lowest BCUT2D eigenvalue weighted by Gasteiger charge is -2.45. The topological polar surface area (TPSA) is 136 Å². The van der Waals surface area contributed by atoms with E-state index >= 15 is 0 Å². The summed E-state index contributed by atoms with van der Waals surface area (Å²) < 4.78 is 6.15. The molecule has 0 aliphatic carbocycles. The van der Waals surface area contributed by atoms with Crippen molar-refractivity contribution < 1.29 is 9.53 Å². The van der Waals surface area contributed by atoms with E-state index in [9.17, 15) is 4.79 Å². The molecule has 9 heteroatoms. The molecule has 2 aromatic rings. The van der Waals surface area contributed by atoms with E-state index in [0.29, 0.717) is 17.2 Å². The predicted molar refractivity (Wildman–Crippen MR) is 141 cm³/mol. The van der Waals surface area contributed by atoms with E-state index in [4.69, 9.17) is 15.4 Å². The fourth-order valence-corrected chi connectivity index (χ4v) is 4.54. The standard InChI is InChI=1S/C27H35N7O2/c1-17-15-31-25(33-22(14-29)16-30-21-11-26(3,4)36-27(5,6)12-21)34-23(17)19-7-9-20(10-8-19)24(35)32-18(2)13-28/h7-10,14-16,18,21,29-30H,11-12H2,1-6H3,(H,32,35)(H,31,33,34)/b22-16+,29-14?/t18-/m0/s1. The number of ether oxygens (including phenoxy) is 1. The van der Waals surface area contributed by atoms with Gasteiger partial charge in [-0.05, 0) is 72.1 Å². The van der Waals surface area contributed by atoms with Crippen molar-refractivity contribution in [1.29, 1.82) is 10.7 Å². The van der Waals surface area contributed by atoms with Crippen LogP contribution in [-0.4, -0.2) is 45.4 Å². The number of nitriles is 1. The zero-order chi connectivity index (χ0) is 26.5. The van der Waals surface area contributed by atoms with Crippen LogP contribution >= 0.6 is 0 Å². The summed E-state index contributed by atoms with van der Waals surface area (Å²) in [7, 11) is 0. The minimum atomic E-state index is -0.565. The molecule has 1 aromatic heterocycles. The molecule has 1 atom stereocenters. The van der Waals surface area contributed by atoms with Crippen LogP contribution in [0.4, 0.5) is 5.95 Å². The van der Waals surface area contributed by atoms with Crippen molar-refractivity contribution >= 4 is 18.1 Å². The average Bonchev–Trinajstić information content (AvgIpc) is 2.80. The first-order valence-electron chi connectivity index (χ1n) is 12.0. The number of aryl methyl sites for hydroxylation is 1. The number of hydrogen-bond acceptors (Lipinski definition) is 8. The van der Waals surface area contributed by atoms with Crippen molar-refractivity contribution in [3.8, 4) is 17.3 Å². The van der Waals surface area contributed by atoms with Crippen LogP contribution in [0.15, 0.2) is 42.4 Å². The molecule has 36 heavy (non-hydrogen) atoms. The van der Waals surface area contributed by atoms with E-state index in [1.165, 1.54) is 6.21 Å². The highest BCUT2D eigenvalue weighted by atomic mass is 16.5. The predicted octanol–water partition coefficient (Wildman–Crippen LogP) is 4.32. The Balaban J connectivity index is 1.73. The Hall–Kier alpha value is -3.77. The number of anilines is 1. The summed E-state index contributed by atoms with van der Waals surface area (Å²) in [5.74, 6) is 0.0615. The first kappa shape index (κ1) is 26.8. The maximum absolute atomic E-state index is 12.2. The molecular formula is C27H35N7O2. The van der Waals surface area contributed by atoms with Gasteiger partial charge < -0.3 is 26.1 Å². The summed E-state index contributed by atoms with van der Waals surface area (Å²) >= 11 is 0. The minimum Gasteiger partial charge on any atom is -0.386 e. The van der Waals surface area contributed by atoms with Crippen molar-refractivity contribution in [3.05, 3.63) is 53.5 Å². The zero-order valence-electron chi connectivity index (χ0n) is 21.8. The second kappa shape index (κ2) is 10.9. The van der Waals surface area contributed by atoms with Gasteiger partial charge in [0, 0.05) is 35.8 Å². The molecule has 2 heterocycles. The molecule has 0 unspecified atom stereocenters. The van der Waals surface area contributed by atoms with E-state index in [-0.39, 0.29) is 23.2 Å². The van der Waals surface area contributed by atoms with Crippen LogP contribution < -0.4 is 16.0 Å². The highest BCUT2D eigenvalue weighted by Gasteiger charge is 2.38. The number of rotatable bonds is 8. The van der Waals surface area contributed by atoms with Gasteiger partial charge in [0.05, 0.1) is 28.7 Å². The van der Waals surface area contributed by atoms with Gasteiger partial charge in [-0.2, -0.15) is 5.26 Å². The monoisotopic (exact) mass is 489 g/mol. The third kappa shape index (κ3) is 7.12. The highest BCUT2D eigenvalue weighted by Crippen LogP contribution is 2.34. The molecule has 3 rings (SSSR count). The Morgan fingerprint density at radius 3 is 2.44 bits per heavy atom. The fourth-order valence-electron chi connectivity index (χ4n) is 4.54. The fraction of sp³-hybridized carbons (Fsp3) is 0.444. The van der Waals surface area contributed by atoms with Gasteiger partial charge in [-0.25, -0.2) is 9.97 Å². The molecule has 1 saturated heterocycles. The minimum absolute atomic E-state index is 0.210. The molecular weight excluding hydrogens is 454 g/mol. The van der Waals surface area contributed by atoms with E-state index in [1.54, 1.807) is 31.5 Å². The van der Waals surface area contributed by atoms with Gasteiger partial charge in [0.1, 0.15) is 6.04 Å². The molecule has 1 aliphatic rings. The largest absolute Gasteiger partial charge is 0.386 e. The third-order valence-corrected chi connectivity index (χ3v) is 5.85. The normalized spacial score (nSPS) is 18.0. The molecule has 0 bridgehead atoms. The van der Waals surface area contributed by atoms with Gasteiger partial charge in [0.15, 0.2) is 0 Å². The number of allylic oxidation sites excluding steroid dienone is 1. The average molecular weight is 490 g/mol. The van der Waals surface area contributed by atoms with Gasteiger partial charge in [-0.1, -0.05) is 12.1 Å². The Bertz CT molecular complexity index is 1160. The Morgan fingerprint density at radius 2 is 1.86 bits per heavy atom. The maximum Gasteiger partial charge on any atom is 0.252 e. The number of hydrogen-bond donors (Lipinski definition) is 4. The summed E-state index contributed by atoms with van der Waals surface area (Å²) in [5, 5.41) is 25.9. The van der Waals surface area contributed by atoms with Crippen molar-refractivity contribution in [3.63, 3.8) is 0 Å². The van der Waals surface area contributed by atoms with Gasteiger partial charge in [0.2, 0.25) is 5.95 Å². The van der Waals surface area contributed by atoms with Gasteiger partial charge in [-0.15, -0.1) is 0 Å². The molecule has 1 fully saturated rings. The van der Waals surface area contributed by atoms with Crippen molar-refractivity contribution in [1.82, 2.24) is 20.6 Å². The molecule has 0 saturated carbocycles. The quantitative estimate of drug-likeness (QED) is 0.405. The summed E-state index contributed by atoms with van der Waals surface area (Å²) in [6.07, 6.45) is 6.44. The van der Waals surface area contributed by atoms with Crippen LogP contribution in [0.5, 0.6) is 0 Å². The Morgan fingerprint density at radius 1 is 1.22 bits per heavy atom. The van der Waals surface area contributed by atoms with Crippen molar-refractivity contribution in [2.45, 2.75) is 77.7 Å². The molecule has 0 spiro atoms. The van der Waals surface area contributed by atoms with Crippen LogP contribution in [0, 0.1) is 23.7 Å². The lowest BCUT2D eigenvalue weighted by Crippen LogP contribution is -2.50. The summed E-state index contributed by atoms with van der Waals surface area (Å²) in [6, 6.07) is 8.66. The van der Waals surface area contributed by atoms with Crippen molar-refractivity contribution in [2.75, 3.05) is 5.32 Å². The number of benzene rings is 1. The molecule has 1 amide bonds. The highest BCUT2D eigenvalue weighted by molar-refractivity contribution is 5.95. The number of nitrogens with one attached hydrogen (secondary N) is 4. The molecule has 1 aromatic carbocycles. The lowest BCUT2D eigenvalue weighted by molar-refractivity contribution is -0.163. The molecule has 0 radical (unpaired) electrons. The van der Waals surface area contributed by atoms with E-state index < -0.39 is 6.04 Å². The van der Waals surface area contributed by atoms with Crippen LogP contribution in [0.25, 0.3) is 11.3 Å². The first-order valence-corrected chi connectivity index (χ1v) is 12.0. The van der Waals surface area contributed by atoms with Gasteiger partial charge >= 0.3 is 0 Å². The summed E-state index contributed by atoms with van der Waals surface area (Å²) in [6.45, 7) is 11.9. The SMILES string of the molecule is Cc1cnc(N/C(C=N)=C/NC2CC(C)(C)OC(C)(C)C2)nc1-c1ccc(C(=O)N[C@@H](C)C#N)cc1. The lowest BCUT2D eigenvalue weighted by atomic mass is 9.85. The Labute approximate surface area is 212 Å². The number of amides is 1. The van der Waals surface area contributed by atoms with Crippen LogP contribution in [0.3, 0.4) is 0 Å².